The van der Waals surface area contributed by atoms with Crippen LogP contribution in [0.4, 0.5) is 17.3 Å². The number of aromatic amines is 2. The molecule has 0 radical (unpaired) electrons. The minimum absolute atomic E-state index is 0.0182. The molecule has 8 N–H and O–H groups in total. The van der Waals surface area contributed by atoms with E-state index < -0.39 is 49.0 Å². The molecule has 0 saturated heterocycles. The number of nitrogens with two attached hydrogens (primary N) is 1. The van der Waals surface area contributed by atoms with Gasteiger partial charge in [-0.3, -0.25) is 23.7 Å². The van der Waals surface area contributed by atoms with Crippen LogP contribution in [0.15, 0.2) is 143 Å². The van der Waals surface area contributed by atoms with Gasteiger partial charge in [0.1, 0.15) is 29.7 Å². The highest BCUT2D eigenvalue weighted by Crippen LogP contribution is 2.48. The molecule has 0 bridgehead atoms. The average molecular weight is 1190 g/mol. The summed E-state index contributed by atoms with van der Waals surface area (Å²) in [5.41, 5.74) is 14.8. The summed E-state index contributed by atoms with van der Waals surface area (Å²) in [5, 5.41) is 13.5. The molecular formula is C62H72N7O11S3+. The molecule has 1 atom stereocenters. The van der Waals surface area contributed by atoms with Crippen LogP contribution in [0.25, 0.3) is 11.0 Å². The second-order valence-electron chi connectivity index (χ2n) is 22.5. The summed E-state index contributed by atoms with van der Waals surface area (Å²) in [5.74, 6) is -1.05. The van der Waals surface area contributed by atoms with E-state index in [1.807, 2.05) is 30.3 Å². The second kappa shape index (κ2) is 25.2. The Morgan fingerprint density at radius 1 is 0.831 bits per heavy atom. The van der Waals surface area contributed by atoms with Gasteiger partial charge in [-0.25, -0.2) is 4.79 Å². The van der Waals surface area contributed by atoms with Crippen LogP contribution in [-0.4, -0.2) is 98.8 Å². The van der Waals surface area contributed by atoms with Gasteiger partial charge in [0.2, 0.25) is 11.6 Å². The zero-order valence-electron chi connectivity index (χ0n) is 47.1. The molecule has 3 aliphatic rings. The van der Waals surface area contributed by atoms with Crippen molar-refractivity contribution in [2.45, 2.75) is 122 Å². The van der Waals surface area contributed by atoms with E-state index in [0.717, 1.165) is 81.3 Å². The number of nitrogens with one attached hydrogen (secondary N) is 3. The Kier molecular flexibility index (Phi) is 18.3. The average Bonchev–Trinajstić information content (AvgIpc) is 4.19. The molecule has 0 unspecified atom stereocenters. The molecule has 0 fully saturated rings. The van der Waals surface area contributed by atoms with Crippen molar-refractivity contribution in [2.24, 2.45) is 0 Å². The number of allylic oxidation sites excluding steroid dienone is 7. The van der Waals surface area contributed by atoms with Gasteiger partial charge >= 0.3 is 5.97 Å². The number of carboxylic acid groups (broad SMARTS) is 1. The Bertz CT molecular complexity index is 3880. The lowest BCUT2D eigenvalue weighted by atomic mass is 9.81. The van der Waals surface area contributed by atoms with Gasteiger partial charge in [0.05, 0.1) is 27.2 Å². The van der Waals surface area contributed by atoms with Crippen LogP contribution >= 0.6 is 11.3 Å². The van der Waals surface area contributed by atoms with Crippen LogP contribution in [0.1, 0.15) is 122 Å². The van der Waals surface area contributed by atoms with E-state index in [1.165, 1.54) is 11.3 Å². The van der Waals surface area contributed by atoms with Crippen molar-refractivity contribution in [3.8, 4) is 5.75 Å². The lowest BCUT2D eigenvalue weighted by Crippen LogP contribution is -2.42. The molecule has 2 aliphatic heterocycles. The highest BCUT2D eigenvalue weighted by atomic mass is 32.2. The van der Waals surface area contributed by atoms with Crippen LogP contribution < -0.4 is 26.2 Å². The molecule has 21 heteroatoms. The number of benzene rings is 3. The minimum Gasteiger partial charge on any atom is -0.480 e. The van der Waals surface area contributed by atoms with Gasteiger partial charge in [0.25, 0.3) is 31.7 Å². The van der Waals surface area contributed by atoms with Crippen LogP contribution in [-0.2, 0) is 55.1 Å². The molecule has 18 nitrogen and oxygen atoms in total. The number of hydrogen-bond acceptors (Lipinski definition) is 12. The first kappa shape index (κ1) is 60.2. The first-order valence-electron chi connectivity index (χ1n) is 28.1. The summed E-state index contributed by atoms with van der Waals surface area (Å²) < 4.78 is 74.7. The lowest BCUT2D eigenvalue weighted by molar-refractivity contribution is -0.438. The number of nitrogen functional groups attached to an aromatic ring is 1. The number of amides is 1. The van der Waals surface area contributed by atoms with E-state index in [9.17, 15) is 45.4 Å². The maximum Gasteiger partial charge on any atom is 0.326 e. The van der Waals surface area contributed by atoms with Gasteiger partial charge < -0.3 is 30.8 Å². The van der Waals surface area contributed by atoms with Crippen LogP contribution in [0, 0.1) is 0 Å². The Balaban J connectivity index is 0.954. The number of para-hydroxylation sites is 2. The van der Waals surface area contributed by atoms with Gasteiger partial charge in [0.15, 0.2) is 5.71 Å². The van der Waals surface area contributed by atoms with Gasteiger partial charge in [-0.15, -0.1) is 11.3 Å². The Hall–Kier alpha value is -7.43. The fraction of sp³-hybridized carbons (Fsp3) is 0.371. The highest BCUT2D eigenvalue weighted by molar-refractivity contribution is 7.86. The summed E-state index contributed by atoms with van der Waals surface area (Å²) in [6.45, 7) is 9.75. The molecule has 9 rings (SSSR count). The zero-order valence-corrected chi connectivity index (χ0v) is 49.6. The Labute approximate surface area is 488 Å². The number of aromatic nitrogens is 3. The molecule has 1 aliphatic carbocycles. The number of carbonyl (C=O) groups is 2. The third-order valence-electron chi connectivity index (χ3n) is 15.8. The fourth-order valence-electron chi connectivity index (χ4n) is 11.5. The normalized spacial score (nSPS) is 17.3. The molecule has 6 aromatic rings. The van der Waals surface area contributed by atoms with Crippen molar-refractivity contribution >= 4 is 77.5 Å². The monoisotopic (exact) mass is 1190 g/mol. The number of carbonyl (C=O) groups excluding carboxylic acids is 1. The van der Waals surface area contributed by atoms with Gasteiger partial charge in [0, 0.05) is 64.5 Å². The van der Waals surface area contributed by atoms with Gasteiger partial charge in [-0.2, -0.15) is 26.4 Å². The molecule has 83 heavy (non-hydrogen) atoms. The predicted molar refractivity (Wildman–Crippen MR) is 325 cm³/mol. The van der Waals surface area contributed by atoms with Crippen LogP contribution in [0.3, 0.4) is 0 Å². The van der Waals surface area contributed by atoms with Crippen LogP contribution in [0.2, 0.25) is 0 Å². The number of thiophene rings is 1. The fourth-order valence-corrected chi connectivity index (χ4v) is 13.6. The number of ether oxygens (including phenoxy) is 1. The largest absolute Gasteiger partial charge is 0.480 e. The third kappa shape index (κ3) is 14.5. The number of carboxylic acids is 1. The molecule has 3 aromatic heterocycles. The van der Waals surface area contributed by atoms with Crippen molar-refractivity contribution in [1.82, 2.24) is 20.3 Å². The number of unbranched alkanes of at least 4 members (excludes halogenated alkanes) is 3. The molecular weight excluding hydrogens is 1110 g/mol. The van der Waals surface area contributed by atoms with E-state index >= 15 is 0 Å². The standard InChI is InChI=1S/C62H71N7O11S3/c1-61(2)47-20-7-9-22-50(47)68(34-11-13-36-82(74,75)76)53(61)32-26-41-16-15-17-42(27-33-54-62(3,4)48-21-8-10-23-51(48)69(54)35-12-14-37-83(77,78)79)55(41)80-44-28-24-40(25-29-44)38-49(59(72)73)65-58(71)52-31-30-45(81-52)19-6-5-18-43-39-46-56(64-43)66-60(63)67-57(46)70/h7-10,20-33,39,49H,5-6,11-19,34-38H2,1-4H3,(H7-,63,64,65,66,67,70,71,72,73,74,75,76,77,78,79)/p+1/t49-/m0/s1. The lowest BCUT2D eigenvalue weighted by Gasteiger charge is -2.27. The predicted octanol–water partition coefficient (Wildman–Crippen LogP) is 10.3. The molecule has 0 spiro atoms. The topological polar surface area (TPSA) is 278 Å². The molecule has 1 amide bonds. The maximum absolute atomic E-state index is 13.5. The van der Waals surface area contributed by atoms with Crippen molar-refractivity contribution < 1.29 is 49.9 Å². The van der Waals surface area contributed by atoms with Gasteiger partial charge in [-0.05, 0) is 149 Å². The van der Waals surface area contributed by atoms with E-state index in [2.05, 4.69) is 106 Å². The van der Waals surface area contributed by atoms with Crippen molar-refractivity contribution in [2.75, 3.05) is 35.2 Å². The summed E-state index contributed by atoms with van der Waals surface area (Å²) >= 11 is 1.32. The third-order valence-corrected chi connectivity index (χ3v) is 18.5. The van der Waals surface area contributed by atoms with Crippen LogP contribution in [0.5, 0.6) is 5.75 Å². The second-order valence-corrected chi connectivity index (χ2v) is 26.9. The number of rotatable bonds is 25. The number of fused-ring (bicyclic) bond motifs is 3. The number of aryl methyl sites for hydroxylation is 2. The van der Waals surface area contributed by atoms with Crippen molar-refractivity contribution in [3.05, 3.63) is 180 Å². The van der Waals surface area contributed by atoms with E-state index in [4.69, 9.17) is 10.5 Å². The number of hydrogen-bond donors (Lipinski definition) is 7. The highest BCUT2D eigenvalue weighted by Gasteiger charge is 2.44. The first-order chi connectivity index (χ1) is 39.4. The molecule has 5 heterocycles. The zero-order chi connectivity index (χ0) is 59.3. The van der Waals surface area contributed by atoms with E-state index in [1.54, 1.807) is 36.4 Å². The molecule has 3 aromatic carbocycles. The van der Waals surface area contributed by atoms with Crippen molar-refractivity contribution in [1.29, 1.82) is 0 Å². The number of aliphatic carboxylic acids is 1. The van der Waals surface area contributed by atoms with E-state index in [-0.39, 0.29) is 29.4 Å². The summed E-state index contributed by atoms with van der Waals surface area (Å²) in [4.78, 5) is 51.9. The molecule has 438 valence electrons. The number of anilines is 2. The SMILES string of the molecule is CC1(C)C(/C=C/C2=C(Oc3ccc(C[C@H](NC(=O)c4ccc(CCCCc5cc6c(=O)[nH]c(N)nc6[nH]5)s4)C(=O)O)cc3)C(=C/C=C3/N(CCCCS(=O)(=O)O)c4ccccc4C3(C)C)/CCC2)=[N+](CCCCS(=O)(=O)O)c2ccccc21. The Morgan fingerprint density at radius 2 is 1.53 bits per heavy atom. The smallest absolute Gasteiger partial charge is 0.326 e. The van der Waals surface area contributed by atoms with Gasteiger partial charge in [-0.1, -0.05) is 68.5 Å². The summed E-state index contributed by atoms with van der Waals surface area (Å²) in [7, 11) is -8.21. The number of nitrogens with zero attached hydrogens (tertiary/aromatic N) is 3. The molecule has 0 saturated carbocycles. The minimum atomic E-state index is -4.11. The van der Waals surface area contributed by atoms with E-state index in [0.29, 0.717) is 91.0 Å². The first-order valence-corrected chi connectivity index (χ1v) is 32.1. The number of H-pyrrole nitrogens is 2. The maximum atomic E-state index is 13.5. The summed E-state index contributed by atoms with van der Waals surface area (Å²) in [6.07, 6.45) is 15.4. The van der Waals surface area contributed by atoms with Crippen molar-refractivity contribution in [3.63, 3.8) is 0 Å². The Morgan fingerprint density at radius 3 is 2.27 bits per heavy atom. The quantitative estimate of drug-likeness (QED) is 0.0160. The summed E-state index contributed by atoms with van der Waals surface area (Å²) in [6, 6.07) is 27.7.